The maximum atomic E-state index is 9.86. The molecule has 2 N–H and O–H groups in total. The van der Waals surface area contributed by atoms with Gasteiger partial charge in [-0.25, -0.2) is 0 Å². The number of para-hydroxylation sites is 1. The number of benzene rings is 2. The molecule has 0 aliphatic carbocycles. The standard InChI is InChI=1S/C18H21NO2/c1-12(14-7-8-18-15(11-14)9-10-21-18)19-17-6-4-3-5-16(17)13(2)20/h3-8,11-13,19-20H,9-10H2,1-2H3. The number of hydrogen-bond acceptors (Lipinski definition) is 3. The lowest BCUT2D eigenvalue weighted by Crippen LogP contribution is -2.09. The molecule has 3 rings (SSSR count). The van der Waals surface area contributed by atoms with Crippen molar-refractivity contribution in [1.29, 1.82) is 0 Å². The molecule has 0 bridgehead atoms. The summed E-state index contributed by atoms with van der Waals surface area (Å²) in [5.41, 5.74) is 4.43. The molecule has 0 amide bonds. The van der Waals surface area contributed by atoms with Gasteiger partial charge in [-0.3, -0.25) is 0 Å². The van der Waals surface area contributed by atoms with E-state index in [4.69, 9.17) is 4.74 Å². The summed E-state index contributed by atoms with van der Waals surface area (Å²) >= 11 is 0. The first-order chi connectivity index (χ1) is 10.1. The average molecular weight is 283 g/mol. The van der Waals surface area contributed by atoms with E-state index < -0.39 is 6.10 Å². The smallest absolute Gasteiger partial charge is 0.122 e. The van der Waals surface area contributed by atoms with Gasteiger partial charge in [0.15, 0.2) is 0 Å². The summed E-state index contributed by atoms with van der Waals surface area (Å²) in [6.45, 7) is 4.71. The van der Waals surface area contributed by atoms with Crippen molar-refractivity contribution >= 4 is 5.69 Å². The van der Waals surface area contributed by atoms with Gasteiger partial charge < -0.3 is 15.2 Å². The molecule has 0 spiro atoms. The number of aliphatic hydroxyl groups excluding tert-OH is 1. The van der Waals surface area contributed by atoms with Gasteiger partial charge in [0.2, 0.25) is 0 Å². The highest BCUT2D eigenvalue weighted by Gasteiger charge is 2.15. The van der Waals surface area contributed by atoms with Gasteiger partial charge in [0.05, 0.1) is 12.7 Å². The topological polar surface area (TPSA) is 41.5 Å². The lowest BCUT2D eigenvalue weighted by molar-refractivity contribution is 0.200. The third kappa shape index (κ3) is 2.88. The third-order valence-corrected chi connectivity index (χ3v) is 4.00. The summed E-state index contributed by atoms with van der Waals surface area (Å²) in [6, 6.07) is 14.4. The molecule has 21 heavy (non-hydrogen) atoms. The minimum atomic E-state index is -0.477. The highest BCUT2D eigenvalue weighted by atomic mass is 16.5. The molecule has 0 saturated heterocycles. The highest BCUT2D eigenvalue weighted by Crippen LogP contribution is 2.31. The molecule has 2 aromatic carbocycles. The maximum Gasteiger partial charge on any atom is 0.122 e. The second-order valence-corrected chi connectivity index (χ2v) is 5.59. The zero-order chi connectivity index (χ0) is 14.8. The summed E-state index contributed by atoms with van der Waals surface area (Å²) in [5, 5.41) is 13.4. The van der Waals surface area contributed by atoms with Crippen LogP contribution in [0.15, 0.2) is 42.5 Å². The molecule has 3 nitrogen and oxygen atoms in total. The Morgan fingerprint density at radius 1 is 1.14 bits per heavy atom. The lowest BCUT2D eigenvalue weighted by atomic mass is 10.0. The molecule has 2 atom stereocenters. The van der Waals surface area contributed by atoms with Crippen LogP contribution in [-0.2, 0) is 6.42 Å². The first-order valence-electron chi connectivity index (χ1n) is 7.44. The predicted molar refractivity (Wildman–Crippen MR) is 84.8 cm³/mol. The van der Waals surface area contributed by atoms with Crippen molar-refractivity contribution in [2.75, 3.05) is 11.9 Å². The molecule has 1 aliphatic heterocycles. The van der Waals surface area contributed by atoms with E-state index in [-0.39, 0.29) is 6.04 Å². The molecule has 2 aromatic rings. The number of nitrogens with one attached hydrogen (secondary N) is 1. The van der Waals surface area contributed by atoms with Crippen molar-refractivity contribution in [1.82, 2.24) is 0 Å². The van der Waals surface area contributed by atoms with E-state index in [1.54, 1.807) is 6.92 Å². The second kappa shape index (κ2) is 5.78. The van der Waals surface area contributed by atoms with Crippen LogP contribution in [0.1, 0.15) is 42.7 Å². The van der Waals surface area contributed by atoms with Crippen LogP contribution >= 0.6 is 0 Å². The number of fused-ring (bicyclic) bond motifs is 1. The van der Waals surface area contributed by atoms with Crippen LogP contribution in [-0.4, -0.2) is 11.7 Å². The van der Waals surface area contributed by atoms with Gasteiger partial charge in [-0.2, -0.15) is 0 Å². The van der Waals surface area contributed by atoms with Crippen LogP contribution in [0.5, 0.6) is 5.75 Å². The largest absolute Gasteiger partial charge is 0.493 e. The molecule has 0 saturated carbocycles. The molecule has 110 valence electrons. The molecule has 1 aliphatic rings. The fourth-order valence-electron chi connectivity index (χ4n) is 2.79. The first kappa shape index (κ1) is 14.0. The van der Waals surface area contributed by atoms with E-state index in [0.717, 1.165) is 30.0 Å². The number of hydrogen-bond donors (Lipinski definition) is 2. The van der Waals surface area contributed by atoms with Gasteiger partial charge in [0.1, 0.15) is 5.75 Å². The fraction of sp³-hybridized carbons (Fsp3) is 0.333. The minimum Gasteiger partial charge on any atom is -0.493 e. The second-order valence-electron chi connectivity index (χ2n) is 5.59. The van der Waals surface area contributed by atoms with Crippen LogP contribution in [0, 0.1) is 0 Å². The van der Waals surface area contributed by atoms with E-state index >= 15 is 0 Å². The van der Waals surface area contributed by atoms with Crippen LogP contribution in [0.25, 0.3) is 0 Å². The number of ether oxygens (including phenoxy) is 1. The van der Waals surface area contributed by atoms with Gasteiger partial charge in [-0.1, -0.05) is 24.3 Å². The molecule has 0 radical (unpaired) electrons. The van der Waals surface area contributed by atoms with Gasteiger partial charge in [-0.15, -0.1) is 0 Å². The zero-order valence-electron chi connectivity index (χ0n) is 12.5. The Kier molecular flexibility index (Phi) is 3.84. The predicted octanol–water partition coefficient (Wildman–Crippen LogP) is 3.85. The van der Waals surface area contributed by atoms with Crippen molar-refractivity contribution in [2.24, 2.45) is 0 Å². The van der Waals surface area contributed by atoms with Gasteiger partial charge >= 0.3 is 0 Å². The highest BCUT2D eigenvalue weighted by molar-refractivity contribution is 5.54. The van der Waals surface area contributed by atoms with Crippen molar-refractivity contribution in [2.45, 2.75) is 32.4 Å². The number of anilines is 1. The monoisotopic (exact) mass is 283 g/mol. The lowest BCUT2D eigenvalue weighted by Gasteiger charge is -2.20. The van der Waals surface area contributed by atoms with E-state index in [0.29, 0.717) is 0 Å². The summed E-state index contributed by atoms with van der Waals surface area (Å²) in [6.07, 6.45) is 0.509. The van der Waals surface area contributed by atoms with Gasteiger partial charge in [-0.05, 0) is 43.2 Å². The van der Waals surface area contributed by atoms with Gasteiger partial charge in [0, 0.05) is 23.7 Å². The Balaban J connectivity index is 1.82. The molecule has 0 fully saturated rings. The maximum absolute atomic E-state index is 9.86. The molecular weight excluding hydrogens is 262 g/mol. The minimum absolute atomic E-state index is 0.177. The average Bonchev–Trinajstić information content (AvgIpc) is 2.94. The van der Waals surface area contributed by atoms with E-state index in [2.05, 4.69) is 30.4 Å². The van der Waals surface area contributed by atoms with Crippen molar-refractivity contribution in [3.05, 3.63) is 59.2 Å². The first-order valence-corrected chi connectivity index (χ1v) is 7.44. The molecular formula is C18H21NO2. The summed E-state index contributed by atoms with van der Waals surface area (Å²) in [4.78, 5) is 0. The quantitative estimate of drug-likeness (QED) is 0.895. The van der Waals surface area contributed by atoms with Crippen molar-refractivity contribution in [3.63, 3.8) is 0 Å². The summed E-state index contributed by atoms with van der Waals surface area (Å²) < 4.78 is 5.55. The van der Waals surface area contributed by atoms with E-state index in [9.17, 15) is 5.11 Å². The Labute approximate surface area is 125 Å². The van der Waals surface area contributed by atoms with Crippen LogP contribution < -0.4 is 10.1 Å². The number of aliphatic hydroxyl groups is 1. The summed E-state index contributed by atoms with van der Waals surface area (Å²) in [5.74, 6) is 1.01. The Hall–Kier alpha value is -2.00. The normalized spacial score (nSPS) is 16.0. The van der Waals surface area contributed by atoms with E-state index in [1.165, 1.54) is 11.1 Å². The molecule has 3 heteroatoms. The van der Waals surface area contributed by atoms with Crippen molar-refractivity contribution < 1.29 is 9.84 Å². The molecule has 0 aromatic heterocycles. The van der Waals surface area contributed by atoms with Gasteiger partial charge in [0.25, 0.3) is 0 Å². The SMILES string of the molecule is CC(O)c1ccccc1NC(C)c1ccc2c(c1)CCO2. The Morgan fingerprint density at radius 3 is 2.76 bits per heavy atom. The Morgan fingerprint density at radius 2 is 1.95 bits per heavy atom. The van der Waals surface area contributed by atoms with Crippen LogP contribution in [0.2, 0.25) is 0 Å². The Bertz CT molecular complexity index is 637. The molecule has 1 heterocycles. The van der Waals surface area contributed by atoms with E-state index in [1.807, 2.05) is 24.3 Å². The zero-order valence-corrected chi connectivity index (χ0v) is 12.5. The molecule has 2 unspecified atom stereocenters. The third-order valence-electron chi connectivity index (χ3n) is 4.00. The van der Waals surface area contributed by atoms with Crippen LogP contribution in [0.3, 0.4) is 0 Å². The number of rotatable bonds is 4. The fourth-order valence-corrected chi connectivity index (χ4v) is 2.79. The van der Waals surface area contributed by atoms with Crippen molar-refractivity contribution in [3.8, 4) is 5.75 Å². The van der Waals surface area contributed by atoms with Crippen LogP contribution in [0.4, 0.5) is 5.69 Å². The summed E-state index contributed by atoms with van der Waals surface area (Å²) in [7, 11) is 0.